The molecule has 1 N–H and O–H groups in total. The molecule has 0 amide bonds. The molecule has 2 aromatic rings. The summed E-state index contributed by atoms with van der Waals surface area (Å²) in [6, 6.07) is 3.08. The second-order valence-electron chi connectivity index (χ2n) is 8.37. The van der Waals surface area contributed by atoms with Crippen LogP contribution in [0.3, 0.4) is 0 Å². The summed E-state index contributed by atoms with van der Waals surface area (Å²) in [7, 11) is -0.693. The SMILES string of the molecule is COCC(COC)n1c(NS(=O)(=O)C(C)C(C)c2ccc(Cl)cn2)nnc1[C@@H]1CC[C@H](C)O1. The van der Waals surface area contributed by atoms with E-state index in [4.69, 9.17) is 25.8 Å². The number of anilines is 1. The minimum atomic E-state index is -3.85. The fraction of sp³-hybridized carbons (Fsp3) is 0.667. The molecule has 184 valence electrons. The standard InChI is InChI=1S/C21H32ClN5O5S/c1-13-6-9-19(32-13)20-24-25-21(27(20)17(11-30-4)12-31-5)26-33(28,29)15(3)14(2)18-8-7-16(22)10-23-18/h7-8,10,13-15,17,19H,6,9,11-12H2,1-5H3,(H,25,26)/t13-,14?,15?,19-/m0/s1. The van der Waals surface area contributed by atoms with Crippen LogP contribution < -0.4 is 4.72 Å². The van der Waals surface area contributed by atoms with Gasteiger partial charge in [-0.05, 0) is 38.8 Å². The Morgan fingerprint density at radius 2 is 1.91 bits per heavy atom. The van der Waals surface area contributed by atoms with Gasteiger partial charge >= 0.3 is 0 Å². The molecule has 0 radical (unpaired) electrons. The van der Waals surface area contributed by atoms with Gasteiger partial charge in [-0.1, -0.05) is 18.5 Å². The van der Waals surface area contributed by atoms with E-state index in [9.17, 15) is 8.42 Å². The monoisotopic (exact) mass is 501 g/mol. The zero-order valence-electron chi connectivity index (χ0n) is 19.6. The number of pyridine rings is 1. The molecule has 3 heterocycles. The van der Waals surface area contributed by atoms with Gasteiger partial charge in [-0.2, -0.15) is 0 Å². The summed E-state index contributed by atoms with van der Waals surface area (Å²) in [5.74, 6) is 0.273. The number of hydrogen-bond acceptors (Lipinski definition) is 8. The van der Waals surface area contributed by atoms with Gasteiger partial charge < -0.3 is 14.2 Å². The van der Waals surface area contributed by atoms with Crippen LogP contribution in [0, 0.1) is 0 Å². The van der Waals surface area contributed by atoms with Gasteiger partial charge in [-0.25, -0.2) is 8.42 Å². The van der Waals surface area contributed by atoms with Gasteiger partial charge in [0.05, 0.1) is 35.6 Å². The quantitative estimate of drug-likeness (QED) is 0.498. The molecule has 33 heavy (non-hydrogen) atoms. The third-order valence-electron chi connectivity index (χ3n) is 5.97. The minimum Gasteiger partial charge on any atom is -0.382 e. The zero-order chi connectivity index (χ0) is 24.2. The highest BCUT2D eigenvalue weighted by atomic mass is 35.5. The first-order valence-corrected chi connectivity index (χ1v) is 12.8. The largest absolute Gasteiger partial charge is 0.382 e. The second kappa shape index (κ2) is 11.1. The molecule has 1 aliphatic heterocycles. The lowest BCUT2D eigenvalue weighted by Gasteiger charge is -2.24. The highest BCUT2D eigenvalue weighted by Crippen LogP contribution is 2.35. The summed E-state index contributed by atoms with van der Waals surface area (Å²) in [6.07, 6.45) is 2.98. The molecule has 2 aromatic heterocycles. The number of aromatic nitrogens is 4. The summed E-state index contributed by atoms with van der Waals surface area (Å²) in [6.45, 7) is 6.02. The minimum absolute atomic E-state index is 0.0938. The summed E-state index contributed by atoms with van der Waals surface area (Å²) >= 11 is 5.91. The van der Waals surface area contributed by atoms with Crippen LogP contribution >= 0.6 is 11.6 Å². The molecule has 0 spiro atoms. The molecule has 0 aliphatic carbocycles. The molecule has 2 unspecified atom stereocenters. The summed E-state index contributed by atoms with van der Waals surface area (Å²) in [5.41, 5.74) is 0.629. The third kappa shape index (κ3) is 6.02. The van der Waals surface area contributed by atoms with E-state index in [1.807, 2.05) is 13.8 Å². The highest BCUT2D eigenvalue weighted by molar-refractivity contribution is 7.93. The maximum absolute atomic E-state index is 13.3. The van der Waals surface area contributed by atoms with E-state index in [0.29, 0.717) is 16.5 Å². The smallest absolute Gasteiger partial charge is 0.238 e. The van der Waals surface area contributed by atoms with Crippen LogP contribution in [0.5, 0.6) is 0 Å². The second-order valence-corrected chi connectivity index (χ2v) is 10.8. The molecule has 0 aromatic carbocycles. The molecule has 10 nitrogen and oxygen atoms in total. The Kier molecular flexibility index (Phi) is 8.68. The van der Waals surface area contributed by atoms with Crippen molar-refractivity contribution in [2.45, 2.75) is 63.0 Å². The molecule has 1 aliphatic rings. The van der Waals surface area contributed by atoms with Crippen LogP contribution in [0.25, 0.3) is 0 Å². The van der Waals surface area contributed by atoms with Crippen LogP contribution in [-0.4, -0.2) is 67.0 Å². The summed E-state index contributed by atoms with van der Waals surface area (Å²) in [5, 5.41) is 8.17. The fourth-order valence-electron chi connectivity index (χ4n) is 3.91. The topological polar surface area (TPSA) is 117 Å². The molecule has 4 atom stereocenters. The molecule has 0 saturated carbocycles. The van der Waals surface area contributed by atoms with E-state index in [0.717, 1.165) is 12.8 Å². The van der Waals surface area contributed by atoms with Crippen molar-refractivity contribution in [2.24, 2.45) is 0 Å². The van der Waals surface area contributed by atoms with Gasteiger partial charge in [0.15, 0.2) is 5.82 Å². The maximum Gasteiger partial charge on any atom is 0.238 e. The molecular weight excluding hydrogens is 470 g/mol. The molecule has 3 rings (SSSR count). The Balaban J connectivity index is 1.92. The van der Waals surface area contributed by atoms with Crippen molar-refractivity contribution in [3.63, 3.8) is 0 Å². The Hall–Kier alpha value is -1.79. The Bertz CT molecular complexity index is 1010. The van der Waals surface area contributed by atoms with Crippen LogP contribution in [0.2, 0.25) is 5.02 Å². The fourth-order valence-corrected chi connectivity index (χ4v) is 5.28. The number of rotatable bonds is 11. The van der Waals surface area contributed by atoms with Crippen molar-refractivity contribution >= 4 is 27.6 Å². The van der Waals surface area contributed by atoms with Gasteiger partial charge in [0, 0.05) is 32.0 Å². The van der Waals surface area contributed by atoms with Crippen LogP contribution in [0.15, 0.2) is 18.3 Å². The van der Waals surface area contributed by atoms with Gasteiger partial charge in [0.25, 0.3) is 0 Å². The first kappa shape index (κ1) is 25.8. The average molecular weight is 502 g/mol. The van der Waals surface area contributed by atoms with E-state index in [-0.39, 0.29) is 43.3 Å². The lowest BCUT2D eigenvalue weighted by molar-refractivity contribution is 0.0406. The van der Waals surface area contributed by atoms with Crippen LogP contribution in [0.4, 0.5) is 5.95 Å². The summed E-state index contributed by atoms with van der Waals surface area (Å²) in [4.78, 5) is 4.27. The first-order chi connectivity index (χ1) is 15.7. The van der Waals surface area contributed by atoms with Crippen LogP contribution in [-0.2, 0) is 24.2 Å². The number of sulfonamides is 1. The molecule has 0 bridgehead atoms. The predicted molar refractivity (Wildman–Crippen MR) is 125 cm³/mol. The van der Waals surface area contributed by atoms with Gasteiger partial charge in [-0.15, -0.1) is 10.2 Å². The molecule has 1 saturated heterocycles. The number of hydrogen-bond donors (Lipinski definition) is 1. The van der Waals surface area contributed by atoms with Gasteiger partial charge in [0.2, 0.25) is 16.0 Å². The lowest BCUT2D eigenvalue weighted by atomic mass is 10.0. The Morgan fingerprint density at radius 1 is 1.21 bits per heavy atom. The number of methoxy groups -OCH3 is 2. The highest BCUT2D eigenvalue weighted by Gasteiger charge is 2.35. The predicted octanol–water partition coefficient (Wildman–Crippen LogP) is 3.33. The average Bonchev–Trinajstić information content (AvgIpc) is 3.38. The van der Waals surface area contributed by atoms with E-state index in [1.54, 1.807) is 37.8 Å². The van der Waals surface area contributed by atoms with Crippen molar-refractivity contribution in [3.8, 4) is 0 Å². The molecular formula is C21H32ClN5O5S. The van der Waals surface area contributed by atoms with E-state index >= 15 is 0 Å². The van der Waals surface area contributed by atoms with E-state index in [2.05, 4.69) is 19.9 Å². The molecule has 12 heteroatoms. The van der Waals surface area contributed by atoms with Crippen molar-refractivity contribution in [2.75, 3.05) is 32.2 Å². The van der Waals surface area contributed by atoms with Crippen molar-refractivity contribution in [1.29, 1.82) is 0 Å². The van der Waals surface area contributed by atoms with Crippen molar-refractivity contribution < 1.29 is 22.6 Å². The molecule has 1 fully saturated rings. The third-order valence-corrected chi connectivity index (χ3v) is 8.05. The van der Waals surface area contributed by atoms with Gasteiger partial charge in [-0.3, -0.25) is 14.3 Å². The number of nitrogens with zero attached hydrogens (tertiary/aromatic N) is 4. The zero-order valence-corrected chi connectivity index (χ0v) is 21.1. The van der Waals surface area contributed by atoms with Crippen LogP contribution in [0.1, 0.15) is 63.2 Å². The summed E-state index contributed by atoms with van der Waals surface area (Å²) < 4.78 is 47.7. The lowest BCUT2D eigenvalue weighted by Crippen LogP contribution is -2.32. The van der Waals surface area contributed by atoms with E-state index < -0.39 is 15.3 Å². The maximum atomic E-state index is 13.3. The number of halogens is 1. The first-order valence-electron chi connectivity index (χ1n) is 10.9. The van der Waals surface area contributed by atoms with Gasteiger partial charge in [0.1, 0.15) is 6.10 Å². The van der Waals surface area contributed by atoms with Crippen molar-refractivity contribution in [3.05, 3.63) is 34.9 Å². The van der Waals surface area contributed by atoms with E-state index in [1.165, 1.54) is 6.20 Å². The Labute approximate surface area is 200 Å². The van der Waals surface area contributed by atoms with Crippen molar-refractivity contribution in [1.82, 2.24) is 19.7 Å². The Morgan fingerprint density at radius 3 is 2.45 bits per heavy atom. The number of ether oxygens (including phenoxy) is 3. The normalized spacial score (nSPS) is 20.8. The number of nitrogens with one attached hydrogen (secondary N) is 1.